The number of aromatic nitrogens is 2. The van der Waals surface area contributed by atoms with E-state index in [0.717, 1.165) is 5.82 Å². The van der Waals surface area contributed by atoms with Crippen molar-refractivity contribution in [3.63, 3.8) is 0 Å². The molecule has 94 valence electrons. The van der Waals surface area contributed by atoms with Crippen molar-refractivity contribution in [2.45, 2.75) is 6.54 Å². The lowest BCUT2D eigenvalue weighted by Gasteiger charge is -2.07. The highest BCUT2D eigenvalue weighted by atomic mass is 16.2. The van der Waals surface area contributed by atoms with E-state index in [0.29, 0.717) is 17.9 Å². The summed E-state index contributed by atoms with van der Waals surface area (Å²) in [5.74, 6) is 0.794. The summed E-state index contributed by atoms with van der Waals surface area (Å²) in [6.07, 6.45) is 3.52. The van der Waals surface area contributed by atoms with Gasteiger partial charge in [-0.2, -0.15) is 0 Å². The van der Waals surface area contributed by atoms with Crippen LogP contribution in [0.25, 0.3) is 0 Å². The van der Waals surface area contributed by atoms with Crippen LogP contribution in [-0.4, -0.2) is 15.6 Å². The molecule has 0 saturated heterocycles. The Hall–Kier alpha value is -2.50. The molecule has 6 heteroatoms. The van der Waals surface area contributed by atoms with Crippen molar-refractivity contribution >= 4 is 17.4 Å². The molecule has 0 aliphatic carbocycles. The van der Waals surface area contributed by atoms with Crippen LogP contribution in [0, 0.1) is 0 Å². The van der Waals surface area contributed by atoms with Gasteiger partial charge in [-0.05, 0) is 24.3 Å². The van der Waals surface area contributed by atoms with E-state index in [9.17, 15) is 4.79 Å². The molecule has 1 heterocycles. The maximum absolute atomic E-state index is 11.6. The normalized spacial score (nSPS) is 10.1. The molecule has 0 spiro atoms. The summed E-state index contributed by atoms with van der Waals surface area (Å²) >= 11 is 0. The second-order valence-corrected chi connectivity index (χ2v) is 3.88. The molecule has 0 unspecified atom stereocenters. The molecule has 0 aliphatic heterocycles. The zero-order chi connectivity index (χ0) is 13.0. The monoisotopic (exact) mass is 245 g/mol. The van der Waals surface area contributed by atoms with Crippen molar-refractivity contribution in [2.24, 2.45) is 7.05 Å². The van der Waals surface area contributed by atoms with Crippen molar-refractivity contribution in [3.05, 3.63) is 42.5 Å². The zero-order valence-electron chi connectivity index (χ0n) is 10.1. The van der Waals surface area contributed by atoms with Gasteiger partial charge in [0.15, 0.2) is 0 Å². The second-order valence-electron chi connectivity index (χ2n) is 3.88. The predicted octanol–water partition coefficient (Wildman–Crippen LogP) is 1.32. The van der Waals surface area contributed by atoms with Crippen LogP contribution in [0.4, 0.5) is 16.2 Å². The van der Waals surface area contributed by atoms with E-state index < -0.39 is 0 Å². The van der Waals surface area contributed by atoms with Crippen LogP contribution in [0.15, 0.2) is 36.7 Å². The molecule has 1 aromatic heterocycles. The summed E-state index contributed by atoms with van der Waals surface area (Å²) in [5, 5.41) is 5.43. The van der Waals surface area contributed by atoms with Gasteiger partial charge in [-0.15, -0.1) is 0 Å². The molecule has 0 bridgehead atoms. The predicted molar refractivity (Wildman–Crippen MR) is 69.9 cm³/mol. The van der Waals surface area contributed by atoms with E-state index >= 15 is 0 Å². The quantitative estimate of drug-likeness (QED) is 0.713. The molecule has 2 rings (SSSR count). The minimum Gasteiger partial charge on any atom is -0.399 e. The van der Waals surface area contributed by atoms with Crippen molar-refractivity contribution < 1.29 is 4.79 Å². The van der Waals surface area contributed by atoms with E-state index in [2.05, 4.69) is 15.6 Å². The van der Waals surface area contributed by atoms with Gasteiger partial charge in [-0.25, -0.2) is 9.78 Å². The number of rotatable bonds is 3. The molecule has 4 N–H and O–H groups in total. The van der Waals surface area contributed by atoms with E-state index in [1.165, 1.54) is 0 Å². The Kier molecular flexibility index (Phi) is 3.47. The Morgan fingerprint density at radius 2 is 2.11 bits per heavy atom. The van der Waals surface area contributed by atoms with Crippen molar-refractivity contribution in [1.29, 1.82) is 0 Å². The zero-order valence-corrected chi connectivity index (χ0v) is 10.1. The summed E-state index contributed by atoms with van der Waals surface area (Å²) in [7, 11) is 1.88. The van der Waals surface area contributed by atoms with E-state index in [1.54, 1.807) is 30.5 Å². The molecule has 18 heavy (non-hydrogen) atoms. The van der Waals surface area contributed by atoms with E-state index in [4.69, 9.17) is 5.73 Å². The summed E-state index contributed by atoms with van der Waals surface area (Å²) < 4.78 is 1.85. The third-order valence-electron chi connectivity index (χ3n) is 2.50. The molecular weight excluding hydrogens is 230 g/mol. The Morgan fingerprint density at radius 1 is 1.39 bits per heavy atom. The minimum absolute atomic E-state index is 0.275. The number of urea groups is 1. The fourth-order valence-electron chi connectivity index (χ4n) is 1.47. The van der Waals surface area contributed by atoms with Gasteiger partial charge in [0.1, 0.15) is 5.82 Å². The van der Waals surface area contributed by atoms with Crippen LogP contribution in [-0.2, 0) is 13.6 Å². The molecule has 6 nitrogen and oxygen atoms in total. The highest BCUT2D eigenvalue weighted by molar-refractivity contribution is 5.89. The van der Waals surface area contributed by atoms with Crippen LogP contribution in [0.3, 0.4) is 0 Å². The Bertz CT molecular complexity index is 532. The average molecular weight is 245 g/mol. The van der Waals surface area contributed by atoms with E-state index in [-0.39, 0.29) is 6.03 Å². The highest BCUT2D eigenvalue weighted by Crippen LogP contribution is 2.10. The maximum Gasteiger partial charge on any atom is 0.319 e. The van der Waals surface area contributed by atoms with Gasteiger partial charge in [0, 0.05) is 30.8 Å². The fourth-order valence-corrected chi connectivity index (χ4v) is 1.47. The maximum atomic E-state index is 11.6. The Balaban J connectivity index is 1.86. The molecule has 2 amide bonds. The molecule has 2 aromatic rings. The lowest BCUT2D eigenvalue weighted by atomic mass is 10.3. The number of nitrogens with one attached hydrogen (secondary N) is 2. The number of anilines is 2. The van der Waals surface area contributed by atoms with Gasteiger partial charge in [0.25, 0.3) is 0 Å². The van der Waals surface area contributed by atoms with Gasteiger partial charge in [-0.1, -0.05) is 0 Å². The number of amides is 2. The lowest BCUT2D eigenvalue weighted by Crippen LogP contribution is -2.29. The first-order chi connectivity index (χ1) is 8.65. The summed E-state index contributed by atoms with van der Waals surface area (Å²) in [6.45, 7) is 0.379. The number of hydrogen-bond donors (Lipinski definition) is 3. The van der Waals surface area contributed by atoms with Crippen LogP contribution >= 0.6 is 0 Å². The van der Waals surface area contributed by atoms with E-state index in [1.807, 2.05) is 17.8 Å². The molecular formula is C12H15N5O. The third kappa shape index (κ3) is 3.00. The summed E-state index contributed by atoms with van der Waals surface area (Å²) in [4.78, 5) is 15.7. The first-order valence-corrected chi connectivity index (χ1v) is 5.52. The van der Waals surface area contributed by atoms with Crippen LogP contribution in [0.1, 0.15) is 5.82 Å². The molecule has 1 aromatic carbocycles. The Labute approximate surface area is 105 Å². The fraction of sp³-hybridized carbons (Fsp3) is 0.167. The average Bonchev–Trinajstić information content (AvgIpc) is 2.75. The van der Waals surface area contributed by atoms with Crippen molar-refractivity contribution in [2.75, 3.05) is 11.1 Å². The SMILES string of the molecule is Cn1ccnc1CNC(=O)Nc1ccc(N)cc1. The first-order valence-electron chi connectivity index (χ1n) is 5.52. The summed E-state index contributed by atoms with van der Waals surface area (Å²) in [5.41, 5.74) is 6.91. The lowest BCUT2D eigenvalue weighted by molar-refractivity contribution is 0.251. The number of nitrogens with two attached hydrogens (primary N) is 1. The number of nitrogen functional groups attached to an aromatic ring is 1. The second kappa shape index (κ2) is 5.22. The third-order valence-corrected chi connectivity index (χ3v) is 2.50. The smallest absolute Gasteiger partial charge is 0.319 e. The number of imidazole rings is 1. The number of benzene rings is 1. The number of carbonyl (C=O) groups excluding carboxylic acids is 1. The largest absolute Gasteiger partial charge is 0.399 e. The number of aryl methyl sites for hydroxylation is 1. The molecule has 0 atom stereocenters. The molecule has 0 radical (unpaired) electrons. The molecule has 0 fully saturated rings. The molecule has 0 saturated carbocycles. The Morgan fingerprint density at radius 3 is 2.72 bits per heavy atom. The first kappa shape index (κ1) is 12.0. The summed E-state index contributed by atoms with van der Waals surface area (Å²) in [6, 6.07) is 6.68. The van der Waals surface area contributed by atoms with Crippen LogP contribution < -0.4 is 16.4 Å². The van der Waals surface area contributed by atoms with Gasteiger partial charge >= 0.3 is 6.03 Å². The highest BCUT2D eigenvalue weighted by Gasteiger charge is 2.03. The number of hydrogen-bond acceptors (Lipinski definition) is 3. The van der Waals surface area contributed by atoms with Gasteiger partial charge in [-0.3, -0.25) is 0 Å². The molecule has 0 aliphatic rings. The van der Waals surface area contributed by atoms with Gasteiger partial charge < -0.3 is 20.9 Å². The number of carbonyl (C=O) groups is 1. The van der Waals surface area contributed by atoms with Crippen LogP contribution in [0.2, 0.25) is 0 Å². The standard InChI is InChI=1S/C12H15N5O/c1-17-7-6-14-11(17)8-15-12(18)16-10-4-2-9(13)3-5-10/h2-7H,8,13H2,1H3,(H2,15,16,18). The van der Waals surface area contributed by atoms with Crippen LogP contribution in [0.5, 0.6) is 0 Å². The van der Waals surface area contributed by atoms with Gasteiger partial charge in [0.2, 0.25) is 0 Å². The minimum atomic E-state index is -0.275. The van der Waals surface area contributed by atoms with Crippen molar-refractivity contribution in [1.82, 2.24) is 14.9 Å². The van der Waals surface area contributed by atoms with Gasteiger partial charge in [0.05, 0.1) is 6.54 Å². The number of nitrogens with zero attached hydrogens (tertiary/aromatic N) is 2. The van der Waals surface area contributed by atoms with Crippen molar-refractivity contribution in [3.8, 4) is 0 Å². The topological polar surface area (TPSA) is 85.0 Å².